The van der Waals surface area contributed by atoms with Crippen molar-refractivity contribution in [3.8, 4) is 0 Å². The lowest BCUT2D eigenvalue weighted by Crippen LogP contribution is -1.99. The molecule has 1 aromatic rings. The maximum absolute atomic E-state index is 10.6. The number of aliphatic hydroxyl groups is 2. The van der Waals surface area contributed by atoms with Gasteiger partial charge in [0.15, 0.2) is 0 Å². The number of carbonyl (C=O) groups is 1. The van der Waals surface area contributed by atoms with Crippen molar-refractivity contribution in [2.45, 2.75) is 19.6 Å². The lowest BCUT2D eigenvalue weighted by Gasteiger charge is -2.06. The molecule has 2 N–H and O–H groups in total. The predicted molar refractivity (Wildman–Crippen MR) is 52.9 cm³/mol. The molecule has 3 nitrogen and oxygen atoms in total. The van der Waals surface area contributed by atoms with Crippen LogP contribution in [0.1, 0.15) is 16.7 Å². The molecule has 0 atom stereocenters. The molecule has 0 aliphatic rings. The van der Waals surface area contributed by atoms with Crippen molar-refractivity contribution in [3.05, 3.63) is 34.9 Å². The smallest absolute Gasteiger partial charge is 0.226 e. The van der Waals surface area contributed by atoms with Gasteiger partial charge >= 0.3 is 0 Å². The first-order valence-electron chi connectivity index (χ1n) is 4.18. The van der Waals surface area contributed by atoms with Crippen LogP contribution in [0.4, 0.5) is 0 Å². The fourth-order valence-electron chi connectivity index (χ4n) is 1.25. The van der Waals surface area contributed by atoms with Crippen LogP contribution in [-0.2, 0) is 24.4 Å². The number of hydrogen-bond acceptors (Lipinski definition) is 3. The molecule has 0 aromatic heterocycles. The van der Waals surface area contributed by atoms with Gasteiger partial charge < -0.3 is 10.2 Å². The quantitative estimate of drug-likeness (QED) is 0.735. The van der Waals surface area contributed by atoms with Crippen LogP contribution in [0.3, 0.4) is 0 Å². The molecule has 0 bridgehead atoms. The van der Waals surface area contributed by atoms with Gasteiger partial charge in [0.05, 0.1) is 13.2 Å². The Hall–Kier alpha value is -0.900. The molecule has 0 heterocycles. The van der Waals surface area contributed by atoms with Gasteiger partial charge in [0.2, 0.25) is 5.24 Å². The minimum atomic E-state index is -0.439. The Morgan fingerprint density at radius 3 is 2.36 bits per heavy atom. The molecular formula is C10H11ClO3. The van der Waals surface area contributed by atoms with Gasteiger partial charge in [-0.25, -0.2) is 0 Å². The second kappa shape index (κ2) is 5.10. The molecule has 1 rings (SSSR count). The van der Waals surface area contributed by atoms with Crippen LogP contribution in [-0.4, -0.2) is 15.5 Å². The van der Waals surface area contributed by atoms with Crippen LogP contribution in [0.15, 0.2) is 18.2 Å². The summed E-state index contributed by atoms with van der Waals surface area (Å²) in [5.74, 6) is 0. The van der Waals surface area contributed by atoms with Crippen molar-refractivity contribution in [3.63, 3.8) is 0 Å². The molecule has 0 unspecified atom stereocenters. The maximum atomic E-state index is 10.6. The highest BCUT2D eigenvalue weighted by atomic mass is 35.5. The number of hydrogen-bond donors (Lipinski definition) is 2. The van der Waals surface area contributed by atoms with Crippen LogP contribution in [0.2, 0.25) is 0 Å². The highest BCUT2D eigenvalue weighted by molar-refractivity contribution is 6.63. The van der Waals surface area contributed by atoms with Crippen molar-refractivity contribution in [2.75, 3.05) is 0 Å². The molecule has 0 aliphatic heterocycles. The molecule has 4 heteroatoms. The summed E-state index contributed by atoms with van der Waals surface area (Å²) in [5.41, 5.74) is 2.03. The van der Waals surface area contributed by atoms with Gasteiger partial charge in [-0.2, -0.15) is 0 Å². The van der Waals surface area contributed by atoms with Gasteiger partial charge in [0.25, 0.3) is 0 Å². The van der Waals surface area contributed by atoms with Gasteiger partial charge in [0.1, 0.15) is 0 Å². The Balaban J connectivity index is 2.95. The maximum Gasteiger partial charge on any atom is 0.226 e. The average Bonchev–Trinajstić information content (AvgIpc) is 2.16. The first kappa shape index (κ1) is 11.2. The fourth-order valence-corrected chi connectivity index (χ4v) is 1.41. The first-order chi connectivity index (χ1) is 6.67. The van der Waals surface area contributed by atoms with Gasteiger partial charge in [0, 0.05) is 6.42 Å². The number of carbonyl (C=O) groups excluding carboxylic acids is 1. The number of aliphatic hydroxyl groups excluding tert-OH is 2. The normalized spacial score (nSPS) is 10.2. The van der Waals surface area contributed by atoms with E-state index in [-0.39, 0.29) is 19.6 Å². The Labute approximate surface area is 86.9 Å². The van der Waals surface area contributed by atoms with Crippen LogP contribution >= 0.6 is 11.6 Å². The van der Waals surface area contributed by atoms with E-state index in [1.165, 1.54) is 0 Å². The molecule has 0 fully saturated rings. The number of benzene rings is 1. The second-order valence-electron chi connectivity index (χ2n) is 2.95. The Morgan fingerprint density at radius 2 is 1.86 bits per heavy atom. The second-order valence-corrected chi connectivity index (χ2v) is 3.37. The molecule has 14 heavy (non-hydrogen) atoms. The van der Waals surface area contributed by atoms with E-state index in [0.29, 0.717) is 11.1 Å². The molecular weight excluding hydrogens is 204 g/mol. The summed E-state index contributed by atoms with van der Waals surface area (Å²) in [6, 6.07) is 5.07. The molecule has 0 saturated carbocycles. The molecule has 1 aromatic carbocycles. The molecule has 0 saturated heterocycles. The third-order valence-electron chi connectivity index (χ3n) is 1.95. The number of rotatable bonds is 4. The summed E-state index contributed by atoms with van der Waals surface area (Å²) in [6.45, 7) is -0.273. The Bertz CT molecular complexity index is 336. The van der Waals surface area contributed by atoms with E-state index in [4.69, 9.17) is 21.8 Å². The van der Waals surface area contributed by atoms with Crippen LogP contribution in [0.5, 0.6) is 0 Å². The lowest BCUT2D eigenvalue weighted by atomic mass is 10.0. The van der Waals surface area contributed by atoms with E-state index in [9.17, 15) is 4.79 Å². The van der Waals surface area contributed by atoms with E-state index < -0.39 is 5.24 Å². The Kier molecular flexibility index (Phi) is 4.07. The largest absolute Gasteiger partial charge is 0.392 e. The van der Waals surface area contributed by atoms with E-state index in [2.05, 4.69) is 0 Å². The van der Waals surface area contributed by atoms with Crippen molar-refractivity contribution in [2.24, 2.45) is 0 Å². The zero-order valence-corrected chi connectivity index (χ0v) is 8.29. The van der Waals surface area contributed by atoms with Crippen molar-refractivity contribution >= 4 is 16.8 Å². The highest BCUT2D eigenvalue weighted by Crippen LogP contribution is 2.13. The van der Waals surface area contributed by atoms with E-state index in [1.54, 1.807) is 18.2 Å². The predicted octanol–water partition coefficient (Wildman–Crippen LogP) is 0.979. The molecule has 76 valence electrons. The zero-order chi connectivity index (χ0) is 10.6. The standard InChI is InChI=1S/C10H11ClO3/c11-10(14)4-7-1-2-8(5-12)9(3-7)6-13/h1-3,12-13H,4-6H2. The highest BCUT2D eigenvalue weighted by Gasteiger charge is 2.04. The minimum absolute atomic E-state index is 0.120. The SMILES string of the molecule is O=C(Cl)Cc1ccc(CO)c(CO)c1. The van der Waals surface area contributed by atoms with Crippen molar-refractivity contribution < 1.29 is 15.0 Å². The summed E-state index contributed by atoms with van der Waals surface area (Å²) in [5, 5.41) is 17.5. The van der Waals surface area contributed by atoms with Crippen molar-refractivity contribution in [1.82, 2.24) is 0 Å². The average molecular weight is 215 g/mol. The molecule has 0 amide bonds. The van der Waals surface area contributed by atoms with Crippen LogP contribution < -0.4 is 0 Å². The molecule has 0 spiro atoms. The van der Waals surface area contributed by atoms with E-state index in [1.807, 2.05) is 0 Å². The lowest BCUT2D eigenvalue weighted by molar-refractivity contribution is -0.111. The summed E-state index contributed by atoms with van der Waals surface area (Å²) in [6.07, 6.45) is 0.139. The van der Waals surface area contributed by atoms with Gasteiger partial charge in [-0.05, 0) is 28.3 Å². The summed E-state index contributed by atoms with van der Waals surface area (Å²) in [4.78, 5) is 10.6. The van der Waals surface area contributed by atoms with Gasteiger partial charge in [-0.15, -0.1) is 0 Å². The third-order valence-corrected chi connectivity index (χ3v) is 2.09. The Morgan fingerprint density at radius 1 is 1.21 bits per heavy atom. The number of halogens is 1. The molecule has 0 aliphatic carbocycles. The van der Waals surface area contributed by atoms with Crippen LogP contribution in [0, 0.1) is 0 Å². The summed E-state index contributed by atoms with van der Waals surface area (Å²) >= 11 is 5.23. The van der Waals surface area contributed by atoms with Gasteiger partial charge in [-0.1, -0.05) is 18.2 Å². The monoisotopic (exact) mass is 214 g/mol. The summed E-state index contributed by atoms with van der Waals surface area (Å²) in [7, 11) is 0. The minimum Gasteiger partial charge on any atom is -0.392 e. The first-order valence-corrected chi connectivity index (χ1v) is 4.56. The van der Waals surface area contributed by atoms with Gasteiger partial charge in [-0.3, -0.25) is 4.79 Å². The summed E-state index contributed by atoms with van der Waals surface area (Å²) < 4.78 is 0. The fraction of sp³-hybridized carbons (Fsp3) is 0.300. The van der Waals surface area contributed by atoms with Crippen molar-refractivity contribution in [1.29, 1.82) is 0 Å². The third kappa shape index (κ3) is 2.80. The molecule has 0 radical (unpaired) electrons. The van der Waals surface area contributed by atoms with E-state index >= 15 is 0 Å². The van der Waals surface area contributed by atoms with Crippen LogP contribution in [0.25, 0.3) is 0 Å². The zero-order valence-electron chi connectivity index (χ0n) is 7.53. The van der Waals surface area contributed by atoms with E-state index in [0.717, 1.165) is 5.56 Å². The topological polar surface area (TPSA) is 57.5 Å².